The van der Waals surface area contributed by atoms with E-state index in [1.54, 1.807) is 0 Å². The van der Waals surface area contributed by atoms with Gasteiger partial charge in [-0.25, -0.2) is 0 Å². The molecular formula is C12H26O2. The SMILES string of the molecule is CCCCC(O)C(C)C(C)(O)C(C)C. The molecule has 0 bridgehead atoms. The number of aliphatic hydroxyl groups excluding tert-OH is 1. The summed E-state index contributed by atoms with van der Waals surface area (Å²) in [5, 5.41) is 20.0. The van der Waals surface area contributed by atoms with Crippen LogP contribution in [-0.4, -0.2) is 21.9 Å². The third-order valence-corrected chi connectivity index (χ3v) is 3.52. The first-order valence-electron chi connectivity index (χ1n) is 5.74. The van der Waals surface area contributed by atoms with Crippen LogP contribution in [0.1, 0.15) is 53.9 Å². The van der Waals surface area contributed by atoms with E-state index in [0.717, 1.165) is 19.3 Å². The van der Waals surface area contributed by atoms with Gasteiger partial charge in [0.15, 0.2) is 0 Å². The normalized spacial score (nSPS) is 20.6. The van der Waals surface area contributed by atoms with Gasteiger partial charge in [-0.15, -0.1) is 0 Å². The molecule has 2 N–H and O–H groups in total. The summed E-state index contributed by atoms with van der Waals surface area (Å²) in [6, 6.07) is 0. The number of hydrogen-bond acceptors (Lipinski definition) is 2. The van der Waals surface area contributed by atoms with Crippen molar-refractivity contribution in [2.24, 2.45) is 11.8 Å². The minimum Gasteiger partial charge on any atom is -0.393 e. The highest BCUT2D eigenvalue weighted by molar-refractivity contribution is 4.86. The topological polar surface area (TPSA) is 40.5 Å². The summed E-state index contributed by atoms with van der Waals surface area (Å²) in [5.74, 6) is 0.114. The Hall–Kier alpha value is -0.0800. The smallest absolute Gasteiger partial charge is 0.0692 e. The molecule has 0 aliphatic rings. The third kappa shape index (κ3) is 3.58. The predicted molar refractivity (Wildman–Crippen MR) is 60.2 cm³/mol. The zero-order valence-corrected chi connectivity index (χ0v) is 10.2. The number of hydrogen-bond donors (Lipinski definition) is 2. The van der Waals surface area contributed by atoms with Gasteiger partial charge in [-0.05, 0) is 19.3 Å². The van der Waals surface area contributed by atoms with Gasteiger partial charge in [0, 0.05) is 5.92 Å². The van der Waals surface area contributed by atoms with Crippen LogP contribution in [0.4, 0.5) is 0 Å². The summed E-state index contributed by atoms with van der Waals surface area (Å²) < 4.78 is 0. The van der Waals surface area contributed by atoms with Crippen molar-refractivity contribution in [1.29, 1.82) is 0 Å². The summed E-state index contributed by atoms with van der Waals surface area (Å²) in [6.07, 6.45) is 2.53. The van der Waals surface area contributed by atoms with E-state index >= 15 is 0 Å². The van der Waals surface area contributed by atoms with Crippen LogP contribution in [0.25, 0.3) is 0 Å². The highest BCUT2D eigenvalue weighted by Gasteiger charge is 2.35. The van der Waals surface area contributed by atoms with Gasteiger partial charge >= 0.3 is 0 Å². The van der Waals surface area contributed by atoms with Gasteiger partial charge in [0.25, 0.3) is 0 Å². The van der Waals surface area contributed by atoms with Gasteiger partial charge in [0.1, 0.15) is 0 Å². The quantitative estimate of drug-likeness (QED) is 0.695. The average molecular weight is 202 g/mol. The van der Waals surface area contributed by atoms with Crippen LogP contribution in [0.3, 0.4) is 0 Å². The minimum atomic E-state index is -0.771. The molecule has 14 heavy (non-hydrogen) atoms. The van der Waals surface area contributed by atoms with Crippen LogP contribution in [0, 0.1) is 11.8 Å². The molecule has 3 unspecified atom stereocenters. The van der Waals surface area contributed by atoms with Gasteiger partial charge < -0.3 is 10.2 Å². The van der Waals surface area contributed by atoms with E-state index in [4.69, 9.17) is 0 Å². The fraction of sp³-hybridized carbons (Fsp3) is 1.00. The zero-order valence-electron chi connectivity index (χ0n) is 10.2. The van der Waals surface area contributed by atoms with Crippen molar-refractivity contribution in [3.63, 3.8) is 0 Å². The summed E-state index contributed by atoms with van der Waals surface area (Å²) in [4.78, 5) is 0. The molecule has 0 aliphatic heterocycles. The Morgan fingerprint density at radius 3 is 2.07 bits per heavy atom. The second kappa shape index (κ2) is 5.72. The summed E-state index contributed by atoms with van der Waals surface area (Å²) in [6.45, 7) is 9.84. The molecule has 0 aromatic rings. The molecule has 0 spiro atoms. The van der Waals surface area contributed by atoms with E-state index in [1.807, 2.05) is 27.7 Å². The second-order valence-electron chi connectivity index (χ2n) is 4.88. The standard InChI is InChI=1S/C12H26O2/c1-6-7-8-11(13)10(4)12(5,14)9(2)3/h9-11,13-14H,6-8H2,1-5H3. The molecule has 0 saturated heterocycles. The maximum absolute atomic E-state index is 10.2. The molecule has 0 heterocycles. The Labute approximate surface area is 88.3 Å². The maximum atomic E-state index is 10.2. The predicted octanol–water partition coefficient (Wildman–Crippen LogP) is 2.58. The van der Waals surface area contributed by atoms with Gasteiger partial charge in [-0.1, -0.05) is 40.5 Å². The zero-order chi connectivity index (χ0) is 11.4. The molecule has 0 amide bonds. The summed E-state index contributed by atoms with van der Waals surface area (Å²) >= 11 is 0. The Balaban J connectivity index is 4.22. The van der Waals surface area contributed by atoms with E-state index < -0.39 is 5.60 Å². The van der Waals surface area contributed by atoms with Gasteiger partial charge in [0.2, 0.25) is 0 Å². The first kappa shape index (κ1) is 13.9. The third-order valence-electron chi connectivity index (χ3n) is 3.52. The molecule has 0 rings (SSSR count). The van der Waals surface area contributed by atoms with Crippen LogP contribution in [0.2, 0.25) is 0 Å². The van der Waals surface area contributed by atoms with E-state index in [2.05, 4.69) is 6.92 Å². The number of aliphatic hydroxyl groups is 2. The molecule has 0 aromatic heterocycles. The van der Waals surface area contributed by atoms with Crippen LogP contribution >= 0.6 is 0 Å². The first-order valence-corrected chi connectivity index (χ1v) is 5.74. The molecule has 0 radical (unpaired) electrons. The van der Waals surface area contributed by atoms with E-state index in [-0.39, 0.29) is 17.9 Å². The van der Waals surface area contributed by atoms with Crippen LogP contribution < -0.4 is 0 Å². The van der Waals surface area contributed by atoms with Crippen molar-refractivity contribution in [1.82, 2.24) is 0 Å². The van der Waals surface area contributed by atoms with Gasteiger partial charge in [-0.2, -0.15) is 0 Å². The lowest BCUT2D eigenvalue weighted by atomic mass is 9.77. The monoisotopic (exact) mass is 202 g/mol. The second-order valence-corrected chi connectivity index (χ2v) is 4.88. The lowest BCUT2D eigenvalue weighted by Gasteiger charge is -2.37. The molecule has 0 fully saturated rings. The van der Waals surface area contributed by atoms with Crippen molar-refractivity contribution < 1.29 is 10.2 Å². The van der Waals surface area contributed by atoms with Crippen molar-refractivity contribution in [3.8, 4) is 0 Å². The van der Waals surface area contributed by atoms with E-state index in [0.29, 0.717) is 0 Å². The van der Waals surface area contributed by atoms with Crippen molar-refractivity contribution >= 4 is 0 Å². The molecule has 0 aliphatic carbocycles. The van der Waals surface area contributed by atoms with Crippen molar-refractivity contribution in [2.75, 3.05) is 0 Å². The Morgan fingerprint density at radius 2 is 1.71 bits per heavy atom. The summed E-state index contributed by atoms with van der Waals surface area (Å²) in [5.41, 5.74) is -0.771. The molecular weight excluding hydrogens is 176 g/mol. The van der Waals surface area contributed by atoms with Crippen LogP contribution in [-0.2, 0) is 0 Å². The highest BCUT2D eigenvalue weighted by atomic mass is 16.3. The van der Waals surface area contributed by atoms with Crippen molar-refractivity contribution in [3.05, 3.63) is 0 Å². The lowest BCUT2D eigenvalue weighted by molar-refractivity contribution is -0.0829. The van der Waals surface area contributed by atoms with Crippen LogP contribution in [0.5, 0.6) is 0 Å². The van der Waals surface area contributed by atoms with Gasteiger partial charge in [-0.3, -0.25) is 0 Å². The largest absolute Gasteiger partial charge is 0.393 e. The maximum Gasteiger partial charge on any atom is 0.0692 e. The number of rotatable bonds is 6. The fourth-order valence-electron chi connectivity index (χ4n) is 1.58. The highest BCUT2D eigenvalue weighted by Crippen LogP contribution is 2.29. The van der Waals surface area contributed by atoms with Crippen LogP contribution in [0.15, 0.2) is 0 Å². The average Bonchev–Trinajstić information content (AvgIpc) is 2.12. The Morgan fingerprint density at radius 1 is 1.21 bits per heavy atom. The lowest BCUT2D eigenvalue weighted by Crippen LogP contribution is -2.44. The van der Waals surface area contributed by atoms with E-state index in [9.17, 15) is 10.2 Å². The number of unbranched alkanes of at least 4 members (excludes halogenated alkanes) is 1. The Kier molecular flexibility index (Phi) is 5.68. The van der Waals surface area contributed by atoms with E-state index in [1.165, 1.54) is 0 Å². The molecule has 3 atom stereocenters. The molecule has 2 heteroatoms. The molecule has 2 nitrogen and oxygen atoms in total. The fourth-order valence-corrected chi connectivity index (χ4v) is 1.58. The summed E-state index contributed by atoms with van der Waals surface area (Å²) in [7, 11) is 0. The Bertz CT molecular complexity index is 152. The molecule has 0 saturated carbocycles. The van der Waals surface area contributed by atoms with Crippen molar-refractivity contribution in [2.45, 2.75) is 65.6 Å². The molecule has 0 aromatic carbocycles. The minimum absolute atomic E-state index is 0.0611. The van der Waals surface area contributed by atoms with Gasteiger partial charge in [0.05, 0.1) is 11.7 Å². The first-order chi connectivity index (χ1) is 6.34. The molecule has 86 valence electrons.